The standard InChI is InChI=1S/C13H13N/c1-9-7-12-8-11-5-3-4-6-13(11)14(12)10(9)2/h3-6,8H,7H2,1-2H3. The van der Waals surface area contributed by atoms with Crippen LogP contribution in [0.4, 0.5) is 0 Å². The maximum absolute atomic E-state index is 2.38. The third kappa shape index (κ3) is 0.844. The summed E-state index contributed by atoms with van der Waals surface area (Å²) in [6.07, 6.45) is 1.11. The predicted molar refractivity (Wildman–Crippen MR) is 60.2 cm³/mol. The fraction of sp³-hybridized carbons (Fsp3) is 0.231. The minimum atomic E-state index is 1.11. The Bertz CT molecular complexity index is 543. The van der Waals surface area contributed by atoms with Crippen molar-refractivity contribution in [3.05, 3.63) is 41.6 Å². The highest BCUT2D eigenvalue weighted by Gasteiger charge is 2.17. The molecule has 0 unspecified atom stereocenters. The van der Waals surface area contributed by atoms with Gasteiger partial charge in [-0.25, -0.2) is 0 Å². The number of benzene rings is 1. The van der Waals surface area contributed by atoms with Crippen molar-refractivity contribution in [1.82, 2.24) is 4.57 Å². The van der Waals surface area contributed by atoms with E-state index in [1.165, 1.54) is 27.9 Å². The SMILES string of the molecule is CC1=C(C)n2c(cc3ccccc32)C1. The molecule has 0 amide bonds. The van der Waals surface area contributed by atoms with Crippen LogP contribution in [0.2, 0.25) is 0 Å². The average molecular weight is 183 g/mol. The Kier molecular flexibility index (Phi) is 1.41. The molecule has 1 heteroatoms. The number of aromatic nitrogens is 1. The molecule has 0 saturated carbocycles. The van der Waals surface area contributed by atoms with Gasteiger partial charge in [0.1, 0.15) is 0 Å². The lowest BCUT2D eigenvalue weighted by atomic mass is 10.1. The monoisotopic (exact) mass is 183 g/mol. The first-order chi connectivity index (χ1) is 6.77. The number of allylic oxidation sites excluding steroid dienone is 2. The van der Waals surface area contributed by atoms with Crippen molar-refractivity contribution in [3.8, 4) is 0 Å². The Morgan fingerprint density at radius 2 is 1.93 bits per heavy atom. The molecule has 1 nitrogen and oxygen atoms in total. The number of nitrogens with zero attached hydrogens (tertiary/aromatic N) is 1. The topological polar surface area (TPSA) is 4.93 Å². The second kappa shape index (κ2) is 2.50. The average Bonchev–Trinajstić information content (AvgIpc) is 2.65. The first-order valence-corrected chi connectivity index (χ1v) is 5.03. The smallest absolute Gasteiger partial charge is 0.0528 e. The maximum Gasteiger partial charge on any atom is 0.0528 e. The summed E-state index contributed by atoms with van der Waals surface area (Å²) in [6.45, 7) is 4.43. The molecule has 1 aliphatic rings. The van der Waals surface area contributed by atoms with Gasteiger partial charge in [0.25, 0.3) is 0 Å². The van der Waals surface area contributed by atoms with Gasteiger partial charge < -0.3 is 4.57 Å². The number of rotatable bonds is 0. The van der Waals surface area contributed by atoms with Crippen LogP contribution in [-0.2, 0) is 6.42 Å². The molecule has 2 heterocycles. The van der Waals surface area contributed by atoms with Gasteiger partial charge in [-0.15, -0.1) is 0 Å². The van der Waals surface area contributed by atoms with Crippen molar-refractivity contribution in [2.75, 3.05) is 0 Å². The van der Waals surface area contributed by atoms with Crippen LogP contribution in [0.15, 0.2) is 35.9 Å². The summed E-state index contributed by atoms with van der Waals surface area (Å²) in [5, 5.41) is 1.36. The molecule has 1 aliphatic heterocycles. The van der Waals surface area contributed by atoms with Gasteiger partial charge in [-0.3, -0.25) is 0 Å². The van der Waals surface area contributed by atoms with Crippen LogP contribution in [0.5, 0.6) is 0 Å². The van der Waals surface area contributed by atoms with Crippen molar-refractivity contribution in [2.45, 2.75) is 20.3 Å². The van der Waals surface area contributed by atoms with Gasteiger partial charge in [-0.2, -0.15) is 0 Å². The van der Waals surface area contributed by atoms with E-state index in [-0.39, 0.29) is 0 Å². The van der Waals surface area contributed by atoms with E-state index in [2.05, 4.69) is 48.7 Å². The van der Waals surface area contributed by atoms with Gasteiger partial charge in [-0.05, 0) is 31.6 Å². The predicted octanol–water partition coefficient (Wildman–Crippen LogP) is 3.45. The molecule has 14 heavy (non-hydrogen) atoms. The van der Waals surface area contributed by atoms with Gasteiger partial charge in [0.05, 0.1) is 5.52 Å². The summed E-state index contributed by atoms with van der Waals surface area (Å²) in [5.74, 6) is 0. The van der Waals surface area contributed by atoms with E-state index < -0.39 is 0 Å². The van der Waals surface area contributed by atoms with Crippen molar-refractivity contribution >= 4 is 16.6 Å². The first-order valence-electron chi connectivity index (χ1n) is 5.03. The van der Waals surface area contributed by atoms with E-state index in [9.17, 15) is 0 Å². The first kappa shape index (κ1) is 7.86. The van der Waals surface area contributed by atoms with Crippen molar-refractivity contribution in [3.63, 3.8) is 0 Å². The second-order valence-corrected chi connectivity index (χ2v) is 4.07. The van der Waals surface area contributed by atoms with E-state index >= 15 is 0 Å². The summed E-state index contributed by atoms with van der Waals surface area (Å²) in [6, 6.07) is 10.9. The highest BCUT2D eigenvalue weighted by molar-refractivity contribution is 5.86. The molecule has 0 atom stereocenters. The molecule has 0 bridgehead atoms. The lowest BCUT2D eigenvalue weighted by molar-refractivity contribution is 1.08. The van der Waals surface area contributed by atoms with Crippen LogP contribution < -0.4 is 0 Å². The normalized spacial score (nSPS) is 15.3. The molecule has 1 aromatic carbocycles. The molecular formula is C13H13N. The molecule has 0 spiro atoms. The second-order valence-electron chi connectivity index (χ2n) is 4.07. The van der Waals surface area contributed by atoms with Gasteiger partial charge >= 0.3 is 0 Å². The number of para-hydroxylation sites is 1. The van der Waals surface area contributed by atoms with Crippen molar-refractivity contribution in [1.29, 1.82) is 0 Å². The largest absolute Gasteiger partial charge is 0.317 e. The van der Waals surface area contributed by atoms with Crippen LogP contribution >= 0.6 is 0 Å². The van der Waals surface area contributed by atoms with Gasteiger partial charge in [0.15, 0.2) is 0 Å². The van der Waals surface area contributed by atoms with Gasteiger partial charge in [0.2, 0.25) is 0 Å². The third-order valence-electron chi connectivity index (χ3n) is 3.19. The van der Waals surface area contributed by atoms with Gasteiger partial charge in [-0.1, -0.05) is 18.2 Å². The molecule has 0 aliphatic carbocycles. The number of hydrogen-bond donors (Lipinski definition) is 0. The zero-order valence-electron chi connectivity index (χ0n) is 8.54. The molecule has 0 saturated heterocycles. The Morgan fingerprint density at radius 3 is 2.79 bits per heavy atom. The fourth-order valence-corrected chi connectivity index (χ4v) is 2.33. The van der Waals surface area contributed by atoms with E-state index in [0.29, 0.717) is 0 Å². The zero-order chi connectivity index (χ0) is 9.71. The van der Waals surface area contributed by atoms with E-state index in [1.54, 1.807) is 0 Å². The Labute approximate surface area is 83.7 Å². The van der Waals surface area contributed by atoms with Crippen LogP contribution in [0.25, 0.3) is 16.6 Å². The summed E-state index contributed by atoms with van der Waals surface area (Å²) >= 11 is 0. The quantitative estimate of drug-likeness (QED) is 0.589. The lowest BCUT2D eigenvalue weighted by Gasteiger charge is -2.03. The van der Waals surface area contributed by atoms with Crippen LogP contribution in [0.3, 0.4) is 0 Å². The van der Waals surface area contributed by atoms with Crippen LogP contribution in [0.1, 0.15) is 19.5 Å². The molecule has 3 rings (SSSR count). The van der Waals surface area contributed by atoms with Crippen molar-refractivity contribution < 1.29 is 0 Å². The number of hydrogen-bond acceptors (Lipinski definition) is 0. The van der Waals surface area contributed by atoms with Gasteiger partial charge in [0, 0.05) is 23.2 Å². The molecule has 0 N–H and O–H groups in total. The Balaban J connectivity index is 2.43. The summed E-state index contributed by atoms with van der Waals surface area (Å²) in [7, 11) is 0. The molecule has 70 valence electrons. The Hall–Kier alpha value is -1.50. The van der Waals surface area contributed by atoms with E-state index in [1.807, 2.05) is 0 Å². The highest BCUT2D eigenvalue weighted by atomic mass is 15.0. The van der Waals surface area contributed by atoms with E-state index in [0.717, 1.165) is 6.42 Å². The number of fused-ring (bicyclic) bond motifs is 3. The van der Waals surface area contributed by atoms with Crippen LogP contribution in [-0.4, -0.2) is 4.57 Å². The summed E-state index contributed by atoms with van der Waals surface area (Å²) in [4.78, 5) is 0. The molecule has 2 aromatic rings. The molecule has 0 radical (unpaired) electrons. The minimum Gasteiger partial charge on any atom is -0.317 e. The lowest BCUT2D eigenvalue weighted by Crippen LogP contribution is -1.90. The summed E-state index contributed by atoms with van der Waals surface area (Å²) < 4.78 is 2.38. The third-order valence-corrected chi connectivity index (χ3v) is 3.19. The highest BCUT2D eigenvalue weighted by Crippen LogP contribution is 2.32. The van der Waals surface area contributed by atoms with Crippen molar-refractivity contribution in [2.24, 2.45) is 0 Å². The summed E-state index contributed by atoms with van der Waals surface area (Å²) in [5.41, 5.74) is 5.67. The molecule has 0 fully saturated rings. The Morgan fingerprint density at radius 1 is 1.14 bits per heavy atom. The molecule has 1 aromatic heterocycles. The zero-order valence-corrected chi connectivity index (χ0v) is 8.54. The fourth-order valence-electron chi connectivity index (χ4n) is 2.33. The van der Waals surface area contributed by atoms with Crippen LogP contribution in [0, 0.1) is 0 Å². The minimum absolute atomic E-state index is 1.11. The maximum atomic E-state index is 2.38. The van der Waals surface area contributed by atoms with E-state index in [4.69, 9.17) is 0 Å². The molecular weight excluding hydrogens is 170 g/mol.